The molecule has 0 radical (unpaired) electrons. The van der Waals surface area contributed by atoms with Gasteiger partial charge < -0.3 is 9.88 Å². The zero-order valence-corrected chi connectivity index (χ0v) is 19.7. The van der Waals surface area contributed by atoms with E-state index in [1.807, 2.05) is 40.6 Å². The fraction of sp³-hybridized carbons (Fsp3) is 0.385. The van der Waals surface area contributed by atoms with Crippen LogP contribution in [0, 0.1) is 6.92 Å². The molecular weight excluding hydrogens is 412 g/mol. The number of hydrogen-bond acceptors (Lipinski definition) is 4. The Bertz CT molecular complexity index is 1310. The Morgan fingerprint density at radius 3 is 2.67 bits per heavy atom. The van der Waals surface area contributed by atoms with E-state index < -0.39 is 0 Å². The van der Waals surface area contributed by atoms with Crippen molar-refractivity contribution in [2.24, 2.45) is 0 Å². The molecule has 0 bridgehead atoms. The second-order valence-corrected chi connectivity index (χ2v) is 9.97. The molecule has 1 aliphatic carbocycles. The third-order valence-electron chi connectivity index (χ3n) is 6.08. The summed E-state index contributed by atoms with van der Waals surface area (Å²) in [6.45, 7) is 9.51. The molecule has 5 rings (SSSR count). The molecule has 4 aromatic rings. The highest BCUT2D eigenvalue weighted by atomic mass is 16.1. The Kier molecular flexibility index (Phi) is 5.27. The quantitative estimate of drug-likeness (QED) is 0.475. The zero-order chi connectivity index (χ0) is 23.2. The molecule has 0 atom stereocenters. The molecule has 0 aliphatic heterocycles. The molecule has 1 amide bonds. The minimum atomic E-state index is -0.217. The van der Waals surface area contributed by atoms with Gasteiger partial charge >= 0.3 is 0 Å². The normalized spacial score (nSPS) is 14.1. The van der Waals surface area contributed by atoms with Crippen LogP contribution in [0.15, 0.2) is 49.1 Å². The predicted molar refractivity (Wildman–Crippen MR) is 128 cm³/mol. The molecule has 170 valence electrons. The first-order valence-corrected chi connectivity index (χ1v) is 11.5. The van der Waals surface area contributed by atoms with Crippen LogP contribution in [0.25, 0.3) is 11.0 Å². The van der Waals surface area contributed by atoms with Gasteiger partial charge in [0, 0.05) is 37.1 Å². The van der Waals surface area contributed by atoms with E-state index in [2.05, 4.69) is 43.2 Å². The zero-order valence-electron chi connectivity index (χ0n) is 19.7. The third-order valence-corrected chi connectivity index (χ3v) is 6.08. The number of fused-ring (bicyclic) bond motifs is 1. The lowest BCUT2D eigenvalue weighted by Crippen LogP contribution is -2.25. The highest BCUT2D eigenvalue weighted by Crippen LogP contribution is 2.41. The van der Waals surface area contributed by atoms with Crippen molar-refractivity contribution in [3.8, 4) is 0 Å². The average molecular weight is 443 g/mol. The molecule has 3 aromatic heterocycles. The third kappa shape index (κ3) is 4.40. The molecule has 1 aliphatic rings. The van der Waals surface area contributed by atoms with Crippen LogP contribution in [0.3, 0.4) is 0 Å². The molecule has 0 unspecified atom stereocenters. The van der Waals surface area contributed by atoms with Crippen LogP contribution in [-0.4, -0.2) is 30.2 Å². The Morgan fingerprint density at radius 1 is 1.18 bits per heavy atom. The summed E-state index contributed by atoms with van der Waals surface area (Å²) in [6, 6.07) is 10.3. The van der Waals surface area contributed by atoms with Gasteiger partial charge in [0.25, 0.3) is 5.91 Å². The smallest absolute Gasteiger partial charge is 0.252 e. The number of rotatable bonds is 6. The monoisotopic (exact) mass is 442 g/mol. The fourth-order valence-electron chi connectivity index (χ4n) is 4.25. The van der Waals surface area contributed by atoms with Crippen LogP contribution in [0.5, 0.6) is 0 Å². The van der Waals surface area contributed by atoms with E-state index in [4.69, 9.17) is 10.1 Å². The first kappa shape index (κ1) is 21.4. The molecule has 33 heavy (non-hydrogen) atoms. The van der Waals surface area contributed by atoms with E-state index in [1.165, 1.54) is 5.56 Å². The lowest BCUT2D eigenvalue weighted by Gasteiger charge is -2.20. The van der Waals surface area contributed by atoms with Gasteiger partial charge in [0.2, 0.25) is 0 Å². The van der Waals surface area contributed by atoms with Gasteiger partial charge in [0.05, 0.1) is 28.5 Å². The second kappa shape index (κ2) is 8.14. The predicted octanol–water partition coefficient (Wildman–Crippen LogP) is 4.55. The van der Waals surface area contributed by atoms with E-state index >= 15 is 0 Å². The summed E-state index contributed by atoms with van der Waals surface area (Å²) in [5.74, 6) is 0.366. The summed E-state index contributed by atoms with van der Waals surface area (Å²) < 4.78 is 3.99. The highest BCUT2D eigenvalue weighted by molar-refractivity contribution is 6.06. The summed E-state index contributed by atoms with van der Waals surface area (Å²) in [6.07, 6.45) is 7.79. The van der Waals surface area contributed by atoms with E-state index in [9.17, 15) is 4.79 Å². The van der Waals surface area contributed by atoms with Crippen molar-refractivity contribution in [1.82, 2.24) is 29.6 Å². The molecule has 1 fully saturated rings. The van der Waals surface area contributed by atoms with Gasteiger partial charge in [-0.25, -0.2) is 14.6 Å². The number of carbonyl (C=O) groups is 1. The summed E-state index contributed by atoms with van der Waals surface area (Å²) in [5, 5.41) is 8.74. The molecule has 0 saturated heterocycles. The van der Waals surface area contributed by atoms with Gasteiger partial charge in [-0.05, 0) is 57.7 Å². The molecule has 7 nitrogen and oxygen atoms in total. The molecule has 0 spiro atoms. The molecule has 3 heterocycles. The average Bonchev–Trinajstić information content (AvgIpc) is 3.40. The van der Waals surface area contributed by atoms with Crippen molar-refractivity contribution < 1.29 is 4.79 Å². The van der Waals surface area contributed by atoms with Gasteiger partial charge in [0.1, 0.15) is 0 Å². The molecular formula is C26H30N6O. The van der Waals surface area contributed by atoms with Crippen molar-refractivity contribution >= 4 is 16.9 Å². The van der Waals surface area contributed by atoms with Crippen molar-refractivity contribution in [3.63, 3.8) is 0 Å². The summed E-state index contributed by atoms with van der Waals surface area (Å²) >= 11 is 0. The number of nitrogens with zero attached hydrogens (tertiary/aromatic N) is 5. The highest BCUT2D eigenvalue weighted by Gasteiger charge is 2.30. The maximum Gasteiger partial charge on any atom is 0.252 e. The van der Waals surface area contributed by atoms with Crippen molar-refractivity contribution in [2.75, 3.05) is 0 Å². The van der Waals surface area contributed by atoms with Gasteiger partial charge in [-0.2, -0.15) is 5.10 Å². The van der Waals surface area contributed by atoms with Gasteiger partial charge in [-0.1, -0.05) is 24.3 Å². The number of aromatic nitrogens is 5. The fourth-order valence-corrected chi connectivity index (χ4v) is 4.25. The Balaban J connectivity index is 1.42. The van der Waals surface area contributed by atoms with Crippen molar-refractivity contribution in [3.05, 3.63) is 77.1 Å². The van der Waals surface area contributed by atoms with Crippen LogP contribution in [0.4, 0.5) is 0 Å². The first-order valence-electron chi connectivity index (χ1n) is 11.5. The number of hydrogen-bond donors (Lipinski definition) is 1. The summed E-state index contributed by atoms with van der Waals surface area (Å²) in [4.78, 5) is 22.4. The maximum atomic E-state index is 13.4. The minimum absolute atomic E-state index is 0.0825. The number of nitrogens with one attached hydrogen (secondary N) is 1. The SMILES string of the molecule is Cc1nn(C(C)(C)C)c2nc(C3CC3)cc(C(=O)NCc3cccc(Cn4ccnc4)c3)c12. The molecule has 1 aromatic carbocycles. The largest absolute Gasteiger partial charge is 0.348 e. The van der Waals surface area contributed by atoms with E-state index in [1.54, 1.807) is 12.5 Å². The topological polar surface area (TPSA) is 77.6 Å². The molecule has 7 heteroatoms. The summed E-state index contributed by atoms with van der Waals surface area (Å²) in [7, 11) is 0. The van der Waals surface area contributed by atoms with Gasteiger partial charge in [0.15, 0.2) is 5.65 Å². The van der Waals surface area contributed by atoms with Crippen LogP contribution in [0.2, 0.25) is 0 Å². The van der Waals surface area contributed by atoms with Crippen molar-refractivity contribution in [2.45, 2.75) is 65.1 Å². The Morgan fingerprint density at radius 2 is 1.97 bits per heavy atom. The van der Waals surface area contributed by atoms with E-state index in [-0.39, 0.29) is 11.4 Å². The number of carbonyl (C=O) groups excluding carboxylic acids is 1. The molecule has 1 saturated carbocycles. The Labute approximate surface area is 193 Å². The van der Waals surface area contributed by atoms with Crippen LogP contribution >= 0.6 is 0 Å². The van der Waals surface area contributed by atoms with E-state index in [0.717, 1.165) is 47.4 Å². The van der Waals surface area contributed by atoms with Crippen LogP contribution in [-0.2, 0) is 18.6 Å². The molecule has 1 N–H and O–H groups in total. The van der Waals surface area contributed by atoms with Crippen LogP contribution in [0.1, 0.15) is 72.4 Å². The lowest BCUT2D eigenvalue weighted by atomic mass is 10.1. The second-order valence-electron chi connectivity index (χ2n) is 9.97. The van der Waals surface area contributed by atoms with E-state index in [0.29, 0.717) is 18.0 Å². The number of amides is 1. The number of benzene rings is 1. The van der Waals surface area contributed by atoms with Crippen LogP contribution < -0.4 is 5.32 Å². The van der Waals surface area contributed by atoms with Gasteiger partial charge in [-0.15, -0.1) is 0 Å². The standard InChI is InChI=1S/C26H30N6O/c1-17-23-21(13-22(20-8-9-20)29-24(23)32(30-17)26(2,3)4)25(33)28-14-18-6-5-7-19(12-18)15-31-11-10-27-16-31/h5-7,10-13,16,20H,8-9,14-15H2,1-4H3,(H,28,33). The first-order chi connectivity index (χ1) is 15.8. The number of aryl methyl sites for hydroxylation is 1. The van der Waals surface area contributed by atoms with Gasteiger partial charge in [-0.3, -0.25) is 4.79 Å². The lowest BCUT2D eigenvalue weighted by molar-refractivity contribution is 0.0952. The summed E-state index contributed by atoms with van der Waals surface area (Å²) in [5.41, 5.74) is 5.33. The number of pyridine rings is 1. The Hall–Kier alpha value is -3.48. The van der Waals surface area contributed by atoms with Crippen molar-refractivity contribution in [1.29, 1.82) is 0 Å². The number of imidazole rings is 1. The maximum absolute atomic E-state index is 13.4. The minimum Gasteiger partial charge on any atom is -0.348 e.